The molecule has 2 aromatic rings. The molecule has 0 aliphatic heterocycles. The molecule has 90 valence electrons. The van der Waals surface area contributed by atoms with E-state index in [9.17, 15) is 0 Å². The van der Waals surface area contributed by atoms with Crippen molar-refractivity contribution in [2.45, 2.75) is 12.8 Å². The van der Waals surface area contributed by atoms with Crippen LogP contribution in [0.15, 0.2) is 27.3 Å². The van der Waals surface area contributed by atoms with Gasteiger partial charge in [-0.25, -0.2) is 0 Å². The van der Waals surface area contributed by atoms with Crippen LogP contribution in [0.1, 0.15) is 12.3 Å². The zero-order valence-electron chi connectivity index (χ0n) is 9.48. The summed E-state index contributed by atoms with van der Waals surface area (Å²) >= 11 is 3.36. The maximum atomic E-state index is 5.56. The van der Waals surface area contributed by atoms with Crippen molar-refractivity contribution in [1.82, 2.24) is 20.5 Å². The topological polar surface area (TPSA) is 63.8 Å². The molecule has 6 heteroatoms. The highest BCUT2D eigenvalue weighted by atomic mass is 79.9. The zero-order valence-corrected chi connectivity index (χ0v) is 11.1. The molecule has 0 aliphatic carbocycles. The van der Waals surface area contributed by atoms with Crippen LogP contribution in [0, 0.1) is 0 Å². The van der Waals surface area contributed by atoms with Gasteiger partial charge in [-0.3, -0.25) is 4.98 Å². The Bertz CT molecular complexity index is 486. The molecule has 5 nitrogen and oxygen atoms in total. The van der Waals surface area contributed by atoms with E-state index in [-0.39, 0.29) is 0 Å². The van der Waals surface area contributed by atoms with Gasteiger partial charge in [0.1, 0.15) is 0 Å². The average molecular weight is 297 g/mol. The minimum Gasteiger partial charge on any atom is -0.421 e. The second-order valence-corrected chi connectivity index (χ2v) is 4.52. The van der Waals surface area contributed by atoms with Crippen molar-refractivity contribution < 1.29 is 4.42 Å². The van der Waals surface area contributed by atoms with Gasteiger partial charge in [0.05, 0.1) is 5.56 Å². The minimum atomic E-state index is 0.512. The third kappa shape index (κ3) is 3.34. The van der Waals surface area contributed by atoms with Gasteiger partial charge in [-0.1, -0.05) is 0 Å². The van der Waals surface area contributed by atoms with Gasteiger partial charge in [0.25, 0.3) is 0 Å². The van der Waals surface area contributed by atoms with Crippen molar-refractivity contribution in [3.8, 4) is 11.5 Å². The third-order valence-electron chi connectivity index (χ3n) is 2.24. The van der Waals surface area contributed by atoms with Crippen LogP contribution in [0.25, 0.3) is 11.5 Å². The molecule has 0 atom stereocenters. The van der Waals surface area contributed by atoms with Crippen molar-refractivity contribution in [1.29, 1.82) is 0 Å². The molecule has 0 radical (unpaired) electrons. The molecule has 0 aromatic carbocycles. The normalized spacial score (nSPS) is 10.7. The summed E-state index contributed by atoms with van der Waals surface area (Å²) in [5.74, 6) is 1.17. The number of pyridine rings is 1. The summed E-state index contributed by atoms with van der Waals surface area (Å²) in [4.78, 5) is 4.06. The Morgan fingerprint density at radius 1 is 1.35 bits per heavy atom. The van der Waals surface area contributed by atoms with Crippen LogP contribution in [-0.2, 0) is 6.42 Å². The fraction of sp³-hybridized carbons (Fsp3) is 0.364. The summed E-state index contributed by atoms with van der Waals surface area (Å²) in [6.07, 6.45) is 5.19. The lowest BCUT2D eigenvalue weighted by atomic mass is 10.3. The fourth-order valence-electron chi connectivity index (χ4n) is 1.42. The number of nitrogens with zero attached hydrogens (tertiary/aromatic N) is 3. The number of aryl methyl sites for hydroxylation is 1. The van der Waals surface area contributed by atoms with Gasteiger partial charge in [-0.2, -0.15) is 0 Å². The molecule has 0 bridgehead atoms. The molecule has 0 aliphatic rings. The van der Waals surface area contributed by atoms with Crippen LogP contribution in [0.3, 0.4) is 0 Å². The van der Waals surface area contributed by atoms with Gasteiger partial charge in [-0.05, 0) is 42.0 Å². The fourth-order valence-corrected chi connectivity index (χ4v) is 1.78. The molecule has 0 fully saturated rings. The predicted molar refractivity (Wildman–Crippen MR) is 67.5 cm³/mol. The van der Waals surface area contributed by atoms with E-state index in [2.05, 4.69) is 36.4 Å². The Labute approximate surface area is 108 Å². The van der Waals surface area contributed by atoms with Gasteiger partial charge in [0, 0.05) is 23.3 Å². The second kappa shape index (κ2) is 5.88. The van der Waals surface area contributed by atoms with Gasteiger partial charge in [-0.15, -0.1) is 10.2 Å². The van der Waals surface area contributed by atoms with Crippen LogP contribution in [0.4, 0.5) is 0 Å². The highest BCUT2D eigenvalue weighted by Gasteiger charge is 2.08. The summed E-state index contributed by atoms with van der Waals surface area (Å²) in [5.41, 5.74) is 0.826. The van der Waals surface area contributed by atoms with Crippen molar-refractivity contribution in [2.24, 2.45) is 0 Å². The van der Waals surface area contributed by atoms with Gasteiger partial charge < -0.3 is 9.73 Å². The van der Waals surface area contributed by atoms with E-state index < -0.39 is 0 Å². The Morgan fingerprint density at radius 3 is 3.00 bits per heavy atom. The standard InChI is InChI=1S/C11H13BrN4O/c1-13-4-2-3-10-15-16-11(17-10)8-5-9(12)7-14-6-8/h5-7,13H,2-4H2,1H3. The molecule has 0 amide bonds. The maximum Gasteiger partial charge on any atom is 0.249 e. The number of rotatable bonds is 5. The summed E-state index contributed by atoms with van der Waals surface area (Å²) in [6.45, 7) is 0.941. The first-order valence-electron chi connectivity index (χ1n) is 5.37. The molecular weight excluding hydrogens is 284 g/mol. The Hall–Kier alpha value is -1.27. The highest BCUT2D eigenvalue weighted by Crippen LogP contribution is 2.20. The summed E-state index contributed by atoms with van der Waals surface area (Å²) in [6, 6.07) is 1.90. The number of halogens is 1. The molecule has 17 heavy (non-hydrogen) atoms. The molecular formula is C11H13BrN4O. The van der Waals surface area contributed by atoms with E-state index in [4.69, 9.17) is 4.42 Å². The number of aromatic nitrogens is 3. The lowest BCUT2D eigenvalue weighted by Gasteiger charge is -1.95. The lowest BCUT2D eigenvalue weighted by Crippen LogP contribution is -2.08. The molecule has 2 aromatic heterocycles. The molecule has 0 unspecified atom stereocenters. The Kier molecular flexibility index (Phi) is 4.22. The van der Waals surface area contributed by atoms with Crippen molar-refractivity contribution in [3.63, 3.8) is 0 Å². The summed E-state index contributed by atoms with van der Waals surface area (Å²) in [7, 11) is 1.92. The van der Waals surface area contributed by atoms with E-state index in [1.54, 1.807) is 12.4 Å². The molecule has 2 rings (SSSR count). The minimum absolute atomic E-state index is 0.512. The van der Waals surface area contributed by atoms with Crippen LogP contribution in [0.2, 0.25) is 0 Å². The highest BCUT2D eigenvalue weighted by molar-refractivity contribution is 9.10. The van der Waals surface area contributed by atoms with E-state index in [0.717, 1.165) is 29.4 Å². The van der Waals surface area contributed by atoms with E-state index in [1.165, 1.54) is 0 Å². The summed E-state index contributed by atoms with van der Waals surface area (Å²) in [5, 5.41) is 11.1. The number of hydrogen-bond donors (Lipinski definition) is 1. The SMILES string of the molecule is CNCCCc1nnc(-c2cncc(Br)c2)o1. The second-order valence-electron chi connectivity index (χ2n) is 3.60. The van der Waals surface area contributed by atoms with E-state index >= 15 is 0 Å². The van der Waals surface area contributed by atoms with Crippen LogP contribution < -0.4 is 5.32 Å². The van der Waals surface area contributed by atoms with Crippen LogP contribution >= 0.6 is 15.9 Å². The monoisotopic (exact) mass is 296 g/mol. The first-order chi connectivity index (χ1) is 8.29. The number of hydrogen-bond acceptors (Lipinski definition) is 5. The zero-order chi connectivity index (χ0) is 12.1. The molecule has 0 saturated heterocycles. The lowest BCUT2D eigenvalue weighted by molar-refractivity contribution is 0.494. The predicted octanol–water partition coefficient (Wildman–Crippen LogP) is 2.05. The molecule has 1 N–H and O–H groups in total. The first kappa shape index (κ1) is 12.2. The van der Waals surface area contributed by atoms with E-state index in [1.807, 2.05) is 13.1 Å². The van der Waals surface area contributed by atoms with Crippen molar-refractivity contribution in [2.75, 3.05) is 13.6 Å². The van der Waals surface area contributed by atoms with Crippen molar-refractivity contribution >= 4 is 15.9 Å². The largest absolute Gasteiger partial charge is 0.421 e. The molecule has 2 heterocycles. The van der Waals surface area contributed by atoms with E-state index in [0.29, 0.717) is 11.8 Å². The molecule has 0 saturated carbocycles. The van der Waals surface area contributed by atoms with Crippen molar-refractivity contribution in [3.05, 3.63) is 28.8 Å². The number of nitrogens with one attached hydrogen (secondary N) is 1. The Morgan fingerprint density at radius 2 is 2.24 bits per heavy atom. The van der Waals surface area contributed by atoms with Crippen LogP contribution in [0.5, 0.6) is 0 Å². The quantitative estimate of drug-likeness (QED) is 0.856. The van der Waals surface area contributed by atoms with Gasteiger partial charge >= 0.3 is 0 Å². The average Bonchev–Trinajstić information content (AvgIpc) is 2.78. The smallest absolute Gasteiger partial charge is 0.249 e. The first-order valence-corrected chi connectivity index (χ1v) is 6.17. The van der Waals surface area contributed by atoms with Gasteiger partial charge in [0.2, 0.25) is 11.8 Å². The summed E-state index contributed by atoms with van der Waals surface area (Å²) < 4.78 is 6.45. The molecule has 0 spiro atoms. The van der Waals surface area contributed by atoms with Crippen LogP contribution in [-0.4, -0.2) is 28.8 Å². The third-order valence-corrected chi connectivity index (χ3v) is 2.67. The van der Waals surface area contributed by atoms with Gasteiger partial charge in [0.15, 0.2) is 0 Å². The maximum absolute atomic E-state index is 5.56. The Balaban J connectivity index is 2.07.